The van der Waals surface area contributed by atoms with Gasteiger partial charge in [0.15, 0.2) is 0 Å². The van der Waals surface area contributed by atoms with E-state index < -0.39 is 11.9 Å². The minimum absolute atomic E-state index is 0.116. The zero-order chi connectivity index (χ0) is 26.3. The van der Waals surface area contributed by atoms with Crippen LogP contribution in [0.25, 0.3) is 27.5 Å². The Morgan fingerprint density at radius 1 is 1.16 bits per heavy atom. The van der Waals surface area contributed by atoms with E-state index in [4.69, 9.17) is 9.47 Å². The molecule has 1 aromatic carbocycles. The van der Waals surface area contributed by atoms with E-state index in [9.17, 15) is 4.79 Å². The normalized spacial score (nSPS) is 25.9. The van der Waals surface area contributed by atoms with Gasteiger partial charge in [-0.2, -0.15) is 0 Å². The third-order valence-electron chi connectivity index (χ3n) is 8.81. The number of likely N-dealkylation sites (N-methyl/N-ethyl adjacent to an activating group) is 1. The predicted octanol–water partition coefficient (Wildman–Crippen LogP) is 2.55. The summed E-state index contributed by atoms with van der Waals surface area (Å²) < 4.78 is 31.6. The molecule has 0 bridgehead atoms. The fraction of sp³-hybridized carbons (Fsp3) is 0.500. The van der Waals surface area contributed by atoms with Crippen LogP contribution < -0.4 is 10.4 Å². The number of ether oxygens (including phenoxy) is 2. The molecule has 2 fully saturated rings. The smallest absolute Gasteiger partial charge is 0.329 e. The minimum Gasteiger partial charge on any atom is -0.484 e. The second-order valence-electron chi connectivity index (χ2n) is 11.2. The van der Waals surface area contributed by atoms with Gasteiger partial charge in [0, 0.05) is 51.1 Å². The Hall–Kier alpha value is -3.21. The molecule has 2 aromatic heterocycles. The first-order valence-corrected chi connectivity index (χ1v) is 13.3. The number of halogens is 1. The van der Waals surface area contributed by atoms with E-state index in [0.29, 0.717) is 47.0 Å². The highest BCUT2D eigenvalue weighted by molar-refractivity contribution is 6.08. The van der Waals surface area contributed by atoms with Gasteiger partial charge in [0.2, 0.25) is 0 Å². The summed E-state index contributed by atoms with van der Waals surface area (Å²) in [5.74, 6) is 0.0427. The SMILES string of the molecule is CN(C)C1CCN(C2C=CC(c3c(F)cc4ncc5c6c4c3OC3COCC3n6c(=O)n5C)=CN2C)CC1. The van der Waals surface area contributed by atoms with Gasteiger partial charge in [-0.3, -0.25) is 19.0 Å². The average Bonchev–Trinajstić information content (AvgIpc) is 3.41. The number of hydrogen-bond donors (Lipinski definition) is 0. The Morgan fingerprint density at radius 3 is 2.68 bits per heavy atom. The van der Waals surface area contributed by atoms with E-state index in [1.807, 2.05) is 19.3 Å². The number of aromatic nitrogens is 3. The summed E-state index contributed by atoms with van der Waals surface area (Å²) in [5, 5.41) is 0.677. The molecule has 0 aliphatic carbocycles. The molecule has 4 aliphatic rings. The molecule has 7 rings (SSSR count). The van der Waals surface area contributed by atoms with E-state index in [-0.39, 0.29) is 17.9 Å². The van der Waals surface area contributed by atoms with Crippen molar-refractivity contribution in [3.63, 3.8) is 0 Å². The fourth-order valence-electron chi connectivity index (χ4n) is 6.70. The maximum atomic E-state index is 15.9. The van der Waals surface area contributed by atoms with Crippen LogP contribution in [0.15, 0.2) is 35.4 Å². The zero-order valence-corrected chi connectivity index (χ0v) is 22.2. The predicted molar refractivity (Wildman–Crippen MR) is 144 cm³/mol. The molecule has 9 nitrogen and oxygen atoms in total. The van der Waals surface area contributed by atoms with Crippen LogP contribution in [0.4, 0.5) is 4.39 Å². The van der Waals surface area contributed by atoms with Crippen molar-refractivity contribution in [1.29, 1.82) is 0 Å². The largest absolute Gasteiger partial charge is 0.484 e. The maximum absolute atomic E-state index is 15.9. The number of rotatable bonds is 3. The highest BCUT2D eigenvalue weighted by Gasteiger charge is 2.40. The molecule has 2 saturated heterocycles. The molecular formula is C28H33FN6O3. The van der Waals surface area contributed by atoms with Gasteiger partial charge in [-0.25, -0.2) is 9.18 Å². The van der Waals surface area contributed by atoms with Crippen molar-refractivity contribution in [3.05, 3.63) is 52.5 Å². The lowest BCUT2D eigenvalue weighted by Crippen LogP contribution is -2.50. The van der Waals surface area contributed by atoms with Gasteiger partial charge in [-0.1, -0.05) is 6.08 Å². The van der Waals surface area contributed by atoms with E-state index >= 15 is 4.39 Å². The van der Waals surface area contributed by atoms with Crippen LogP contribution in [0.2, 0.25) is 0 Å². The highest BCUT2D eigenvalue weighted by Crippen LogP contribution is 2.45. The number of benzene rings is 1. The van der Waals surface area contributed by atoms with E-state index in [2.05, 4.69) is 39.9 Å². The molecule has 4 aliphatic heterocycles. The third-order valence-corrected chi connectivity index (χ3v) is 8.81. The molecular weight excluding hydrogens is 487 g/mol. The monoisotopic (exact) mass is 520 g/mol. The summed E-state index contributed by atoms with van der Waals surface area (Å²) in [6, 6.07) is 1.79. The molecule has 200 valence electrons. The van der Waals surface area contributed by atoms with Crippen LogP contribution in [0.5, 0.6) is 5.75 Å². The van der Waals surface area contributed by atoms with Crippen molar-refractivity contribution < 1.29 is 13.9 Å². The number of allylic oxidation sites excluding steroid dienone is 2. The van der Waals surface area contributed by atoms with Gasteiger partial charge in [-0.15, -0.1) is 0 Å². The zero-order valence-electron chi connectivity index (χ0n) is 22.2. The number of likely N-dealkylation sites (tertiary alicyclic amines) is 1. The van der Waals surface area contributed by atoms with E-state index in [0.717, 1.165) is 37.0 Å². The standard InChI is InChI=1S/C28H33FN6O3/c1-31(2)17-7-9-34(10-8-17)23-6-5-16(13-32(23)3)24-18(29)11-19-25-26-20(12-30-19)33(4)28(36)35(26)21-14-37-15-22(21)38-27(24)25/h5-6,11-13,17,21-23H,7-10,14-15H2,1-4H3. The fourth-order valence-corrected chi connectivity index (χ4v) is 6.70. The van der Waals surface area contributed by atoms with Gasteiger partial charge in [-0.05, 0) is 33.0 Å². The van der Waals surface area contributed by atoms with Crippen molar-refractivity contribution in [2.75, 3.05) is 47.4 Å². The Bertz CT molecular complexity index is 1560. The van der Waals surface area contributed by atoms with Crippen molar-refractivity contribution in [2.24, 2.45) is 7.05 Å². The lowest BCUT2D eigenvalue weighted by atomic mass is 9.97. The molecule has 0 N–H and O–H groups in total. The van der Waals surface area contributed by atoms with Crippen LogP contribution in [-0.4, -0.2) is 94.6 Å². The highest BCUT2D eigenvalue weighted by atomic mass is 19.1. The summed E-state index contributed by atoms with van der Waals surface area (Å²) in [6.45, 7) is 2.74. The van der Waals surface area contributed by atoms with Crippen LogP contribution in [0.3, 0.4) is 0 Å². The molecule has 3 unspecified atom stereocenters. The summed E-state index contributed by atoms with van der Waals surface area (Å²) in [6.07, 6.45) is 9.79. The topological polar surface area (TPSA) is 68.0 Å². The van der Waals surface area contributed by atoms with Crippen LogP contribution in [-0.2, 0) is 11.8 Å². The molecule has 3 aromatic rings. The van der Waals surface area contributed by atoms with Crippen LogP contribution in [0, 0.1) is 5.82 Å². The molecule has 6 heterocycles. The van der Waals surface area contributed by atoms with E-state index in [1.165, 1.54) is 6.07 Å². The van der Waals surface area contributed by atoms with Gasteiger partial charge >= 0.3 is 5.69 Å². The number of fused-ring (bicyclic) bond motifs is 2. The summed E-state index contributed by atoms with van der Waals surface area (Å²) in [7, 11) is 8.08. The molecule has 0 amide bonds. The maximum Gasteiger partial charge on any atom is 0.329 e. The molecule has 3 atom stereocenters. The molecule has 0 saturated carbocycles. The quantitative estimate of drug-likeness (QED) is 0.526. The summed E-state index contributed by atoms with van der Waals surface area (Å²) in [4.78, 5) is 24.8. The Morgan fingerprint density at radius 2 is 1.95 bits per heavy atom. The van der Waals surface area contributed by atoms with Gasteiger partial charge in [0.25, 0.3) is 0 Å². The molecule has 0 radical (unpaired) electrons. The lowest BCUT2D eigenvalue weighted by Gasteiger charge is -2.42. The Labute approximate surface area is 220 Å². The van der Waals surface area contributed by atoms with Crippen LogP contribution in [0.1, 0.15) is 24.4 Å². The average molecular weight is 521 g/mol. The van der Waals surface area contributed by atoms with Crippen molar-refractivity contribution in [3.8, 4) is 5.75 Å². The summed E-state index contributed by atoms with van der Waals surface area (Å²) >= 11 is 0. The van der Waals surface area contributed by atoms with Gasteiger partial charge < -0.3 is 19.3 Å². The second kappa shape index (κ2) is 8.65. The molecule has 38 heavy (non-hydrogen) atoms. The van der Waals surface area contributed by atoms with E-state index in [1.54, 1.807) is 22.4 Å². The second-order valence-corrected chi connectivity index (χ2v) is 11.2. The number of imidazole rings is 1. The van der Waals surface area contributed by atoms with Crippen molar-refractivity contribution in [1.82, 2.24) is 28.8 Å². The minimum atomic E-state index is -0.397. The van der Waals surface area contributed by atoms with Gasteiger partial charge in [0.05, 0.1) is 46.9 Å². The number of nitrogens with zero attached hydrogens (tertiary/aromatic N) is 6. The van der Waals surface area contributed by atoms with Crippen molar-refractivity contribution in [2.45, 2.75) is 37.2 Å². The summed E-state index contributed by atoms with van der Waals surface area (Å²) in [5.41, 5.74) is 2.89. The number of hydrogen-bond acceptors (Lipinski definition) is 7. The van der Waals surface area contributed by atoms with Gasteiger partial charge in [0.1, 0.15) is 29.9 Å². The number of aryl methyl sites for hydroxylation is 1. The Kier molecular flexibility index (Phi) is 5.44. The van der Waals surface area contributed by atoms with Crippen molar-refractivity contribution >= 4 is 27.5 Å². The number of piperidine rings is 1. The third kappa shape index (κ3) is 3.40. The first kappa shape index (κ1) is 23.9. The lowest BCUT2D eigenvalue weighted by molar-refractivity contribution is 0.0736. The number of pyridine rings is 1. The first-order valence-electron chi connectivity index (χ1n) is 13.3. The molecule has 10 heteroatoms. The molecule has 0 spiro atoms. The first-order chi connectivity index (χ1) is 18.3. The van der Waals surface area contributed by atoms with Crippen LogP contribution >= 0.6 is 0 Å². The Balaban J connectivity index is 1.33.